The molecule has 0 fully saturated rings. The van der Waals surface area contributed by atoms with Crippen LogP contribution in [0.2, 0.25) is 0 Å². The summed E-state index contributed by atoms with van der Waals surface area (Å²) >= 11 is 5.36. The van der Waals surface area contributed by atoms with Crippen LogP contribution in [0.15, 0.2) is 0 Å². The van der Waals surface area contributed by atoms with E-state index in [2.05, 4.69) is 5.09 Å². The number of quaternary nitrogens is 1. The Morgan fingerprint density at radius 1 is 1.80 bits per heavy atom. The topological polar surface area (TPSA) is 54.9 Å². The van der Waals surface area contributed by atoms with Crippen molar-refractivity contribution in [2.45, 2.75) is 0 Å². The molecule has 0 spiro atoms. The molecule has 0 aliphatic heterocycles. The second kappa shape index (κ2) is 5.10. The zero-order valence-electron chi connectivity index (χ0n) is 6.13. The first kappa shape index (κ1) is 10.4. The molecule has 0 aromatic rings. The fourth-order valence-electron chi connectivity index (χ4n) is 0.353. The van der Waals surface area contributed by atoms with Crippen molar-refractivity contribution >= 4 is 18.1 Å². The highest BCUT2D eigenvalue weighted by molar-refractivity contribution is 7.83. The van der Waals surface area contributed by atoms with E-state index in [-0.39, 0.29) is 0 Å². The molecule has 62 valence electrons. The highest BCUT2D eigenvalue weighted by Crippen LogP contribution is 2.46. The maximum Gasteiger partial charge on any atom is 0.360 e. The van der Waals surface area contributed by atoms with E-state index in [9.17, 15) is 4.57 Å². The van der Waals surface area contributed by atoms with E-state index in [0.29, 0.717) is 6.61 Å². The lowest BCUT2D eigenvalue weighted by atomic mass is 10.7. The summed E-state index contributed by atoms with van der Waals surface area (Å²) in [7, 11) is 3.41. The maximum absolute atomic E-state index is 10.9. The highest BCUT2D eigenvalue weighted by Gasteiger charge is 2.14. The Balaban J connectivity index is 3.38. The molecule has 3 N–H and O–H groups in total. The van der Waals surface area contributed by atoms with Crippen LogP contribution in [0.25, 0.3) is 0 Å². The Bertz CT molecular complexity index is 132. The summed E-state index contributed by atoms with van der Waals surface area (Å²) in [6, 6.07) is 0. The number of hydrogen-bond donors (Lipinski definition) is 2. The van der Waals surface area contributed by atoms with Crippen molar-refractivity contribution in [2.75, 3.05) is 27.2 Å². The first-order chi connectivity index (χ1) is 4.62. The lowest BCUT2D eigenvalue weighted by Crippen LogP contribution is -2.80. The predicted octanol–water partition coefficient (Wildman–Crippen LogP) is -0.238. The minimum atomic E-state index is -3.00. The van der Waals surface area contributed by atoms with Gasteiger partial charge in [-0.25, -0.2) is 5.09 Å². The Labute approximate surface area is 65.6 Å². The van der Waals surface area contributed by atoms with Crippen molar-refractivity contribution in [1.82, 2.24) is 5.09 Å². The summed E-state index contributed by atoms with van der Waals surface area (Å²) in [5.41, 5.74) is 0. The first-order valence-electron chi connectivity index (χ1n) is 3.03. The molecule has 6 heteroatoms. The van der Waals surface area contributed by atoms with Gasteiger partial charge in [-0.15, -0.1) is 0 Å². The van der Waals surface area contributed by atoms with Crippen LogP contribution in [0, 0.1) is 0 Å². The number of likely N-dealkylation sites (N-methyl/N-ethyl adjacent to an activating group) is 1. The molecule has 10 heavy (non-hydrogen) atoms. The van der Waals surface area contributed by atoms with E-state index in [4.69, 9.17) is 15.8 Å². The third-order valence-electron chi connectivity index (χ3n) is 0.931. The fourth-order valence-corrected chi connectivity index (χ4v) is 1.03. The molecule has 4 nitrogen and oxygen atoms in total. The van der Waals surface area contributed by atoms with Crippen LogP contribution in [0.4, 0.5) is 0 Å². The van der Waals surface area contributed by atoms with Gasteiger partial charge in [0.15, 0.2) is 0 Å². The molecule has 0 amide bonds. The van der Waals surface area contributed by atoms with Gasteiger partial charge in [0.2, 0.25) is 0 Å². The molecule has 0 saturated carbocycles. The van der Waals surface area contributed by atoms with Gasteiger partial charge in [0.05, 0.1) is 13.6 Å². The Hall–Kier alpha value is 0.400. The van der Waals surface area contributed by atoms with Crippen LogP contribution < -0.4 is 10.4 Å². The van der Waals surface area contributed by atoms with Gasteiger partial charge in [0.1, 0.15) is 6.61 Å². The van der Waals surface area contributed by atoms with Crippen molar-refractivity contribution in [3.05, 3.63) is 0 Å². The number of hydrogen-bond acceptors (Lipinski definition) is 2. The third kappa shape index (κ3) is 5.21. The van der Waals surface area contributed by atoms with Gasteiger partial charge in [-0.3, -0.25) is 4.57 Å². The molecule has 0 radical (unpaired) electrons. The predicted molar refractivity (Wildman–Crippen MR) is 41.2 cm³/mol. The van der Waals surface area contributed by atoms with Crippen LogP contribution in [0.5, 0.6) is 0 Å². The summed E-state index contributed by atoms with van der Waals surface area (Å²) in [6.45, 7) is -1.84. The van der Waals surface area contributed by atoms with E-state index in [1.54, 1.807) is 0 Å². The van der Waals surface area contributed by atoms with E-state index in [1.807, 2.05) is 12.4 Å². The van der Waals surface area contributed by atoms with Crippen LogP contribution in [-0.2, 0) is 9.09 Å². The standard InChI is InChI=1S/C4H12ClN2O2P/c1-6-3-4-9-10(5,8)7-2/h6H,3-4H2,1-2H3,(H,7,8)/p+1. The number of nitrogens with two attached hydrogens (primary N) is 1. The van der Waals surface area contributed by atoms with E-state index >= 15 is 0 Å². The van der Waals surface area contributed by atoms with Crippen LogP contribution in [0.1, 0.15) is 0 Å². The normalized spacial score (nSPS) is 16.7. The monoisotopic (exact) mass is 187 g/mol. The minimum Gasteiger partial charge on any atom is -0.347 e. The molecule has 0 aromatic carbocycles. The maximum atomic E-state index is 10.9. The van der Waals surface area contributed by atoms with E-state index in [0.717, 1.165) is 6.54 Å². The summed E-state index contributed by atoms with van der Waals surface area (Å²) in [5, 5.41) is 4.31. The van der Waals surface area contributed by atoms with Gasteiger partial charge < -0.3 is 9.84 Å². The van der Waals surface area contributed by atoms with Gasteiger partial charge in [-0.05, 0) is 18.3 Å². The molecule has 1 atom stereocenters. The minimum absolute atomic E-state index is 0.401. The quantitative estimate of drug-likeness (QED) is 0.462. The Morgan fingerprint density at radius 3 is 2.80 bits per heavy atom. The second-order valence-corrected chi connectivity index (χ2v) is 4.73. The first-order valence-corrected chi connectivity index (χ1v) is 5.56. The van der Waals surface area contributed by atoms with Crippen molar-refractivity contribution in [2.24, 2.45) is 0 Å². The van der Waals surface area contributed by atoms with Crippen molar-refractivity contribution in [1.29, 1.82) is 0 Å². The molecule has 0 bridgehead atoms. The lowest BCUT2D eigenvalue weighted by Gasteiger charge is -2.07. The zero-order valence-corrected chi connectivity index (χ0v) is 7.78. The van der Waals surface area contributed by atoms with Crippen LogP contribution in [0.3, 0.4) is 0 Å². The molecule has 0 heterocycles. The highest BCUT2D eigenvalue weighted by atomic mass is 35.7. The van der Waals surface area contributed by atoms with Crippen molar-refractivity contribution < 1.29 is 14.4 Å². The van der Waals surface area contributed by atoms with Gasteiger partial charge in [-0.1, -0.05) is 0 Å². The fraction of sp³-hybridized carbons (Fsp3) is 1.00. The number of rotatable bonds is 5. The average Bonchev–Trinajstić information content (AvgIpc) is 1.89. The third-order valence-corrected chi connectivity index (χ3v) is 2.78. The number of halogens is 1. The Kier molecular flexibility index (Phi) is 5.31. The molecule has 0 aliphatic rings. The summed E-state index contributed by atoms with van der Waals surface area (Å²) in [5.74, 6) is 0. The number of nitrogens with one attached hydrogen (secondary N) is 1. The zero-order chi connectivity index (χ0) is 8.04. The van der Waals surface area contributed by atoms with Crippen LogP contribution >= 0.6 is 18.1 Å². The molecule has 1 unspecified atom stereocenters. The molecule has 0 rings (SSSR count). The smallest absolute Gasteiger partial charge is 0.347 e. The van der Waals surface area contributed by atoms with E-state index in [1.165, 1.54) is 7.05 Å². The van der Waals surface area contributed by atoms with Gasteiger partial charge in [0.25, 0.3) is 0 Å². The van der Waals surface area contributed by atoms with Gasteiger partial charge >= 0.3 is 6.87 Å². The molecule has 0 aliphatic carbocycles. The largest absolute Gasteiger partial charge is 0.360 e. The molecular weight excluding hydrogens is 174 g/mol. The molecular formula is C4H13ClN2O2P+. The summed E-state index contributed by atoms with van der Waals surface area (Å²) < 4.78 is 15.7. The average molecular weight is 188 g/mol. The molecule has 0 saturated heterocycles. The van der Waals surface area contributed by atoms with E-state index < -0.39 is 6.87 Å². The van der Waals surface area contributed by atoms with Gasteiger partial charge in [0, 0.05) is 0 Å². The van der Waals surface area contributed by atoms with Crippen LogP contribution in [-0.4, -0.2) is 27.2 Å². The SMILES string of the molecule is CNP(=O)(Cl)OCC[NH2+]C. The molecule has 0 aromatic heterocycles. The lowest BCUT2D eigenvalue weighted by molar-refractivity contribution is -0.627. The Morgan fingerprint density at radius 2 is 2.40 bits per heavy atom. The summed E-state index contributed by atoms with van der Waals surface area (Å²) in [4.78, 5) is 0. The second-order valence-electron chi connectivity index (χ2n) is 1.73. The van der Waals surface area contributed by atoms with Crippen molar-refractivity contribution in [3.63, 3.8) is 0 Å². The summed E-state index contributed by atoms with van der Waals surface area (Å²) in [6.07, 6.45) is 0. The van der Waals surface area contributed by atoms with Gasteiger partial charge in [-0.2, -0.15) is 0 Å². The van der Waals surface area contributed by atoms with Crippen molar-refractivity contribution in [3.8, 4) is 0 Å².